The first-order valence-electron chi connectivity index (χ1n) is 13.0. The van der Waals surface area contributed by atoms with Gasteiger partial charge in [-0.05, 0) is 78.9 Å². The van der Waals surface area contributed by atoms with E-state index in [1.165, 1.54) is 22.4 Å². The number of aryl methyl sites for hydroxylation is 1. The van der Waals surface area contributed by atoms with Gasteiger partial charge >= 0.3 is 0 Å². The predicted octanol–water partition coefficient (Wildman–Crippen LogP) is 10.2. The van der Waals surface area contributed by atoms with Crippen molar-refractivity contribution in [2.45, 2.75) is 31.9 Å². The number of rotatable bonds is 6. The van der Waals surface area contributed by atoms with Crippen LogP contribution in [-0.2, 0) is 6.61 Å². The third-order valence-corrected chi connectivity index (χ3v) is 8.57. The molecule has 0 radical (unpaired) electrons. The van der Waals surface area contributed by atoms with Crippen LogP contribution in [-0.4, -0.2) is 6.21 Å². The zero-order chi connectivity index (χ0) is 26.9. The lowest BCUT2D eigenvalue weighted by Gasteiger charge is -2.37. The van der Waals surface area contributed by atoms with Gasteiger partial charge in [-0.3, -0.25) is 4.99 Å². The van der Waals surface area contributed by atoms with Crippen LogP contribution >= 0.6 is 39.1 Å². The van der Waals surface area contributed by atoms with Crippen LogP contribution in [0.1, 0.15) is 46.2 Å². The molecule has 0 spiro atoms. The highest BCUT2D eigenvalue weighted by Gasteiger charge is 2.37. The second-order valence-corrected chi connectivity index (χ2v) is 11.9. The topological polar surface area (TPSA) is 33.6 Å². The van der Waals surface area contributed by atoms with Crippen LogP contribution in [0.15, 0.2) is 100 Å². The molecule has 3 atom stereocenters. The molecule has 6 heteroatoms. The van der Waals surface area contributed by atoms with E-state index in [1.807, 2.05) is 36.5 Å². The Morgan fingerprint density at radius 1 is 1.00 bits per heavy atom. The van der Waals surface area contributed by atoms with E-state index in [-0.39, 0.29) is 6.04 Å². The quantitative estimate of drug-likeness (QED) is 0.172. The van der Waals surface area contributed by atoms with Gasteiger partial charge in [0.05, 0.1) is 11.7 Å². The van der Waals surface area contributed by atoms with Crippen LogP contribution in [0.4, 0.5) is 11.4 Å². The van der Waals surface area contributed by atoms with E-state index in [0.717, 1.165) is 33.5 Å². The lowest BCUT2D eigenvalue weighted by atomic mass is 9.76. The Bertz CT molecular complexity index is 1580. The van der Waals surface area contributed by atoms with Crippen molar-refractivity contribution in [3.8, 4) is 5.75 Å². The Balaban J connectivity index is 1.19. The second kappa shape index (κ2) is 11.2. The highest BCUT2D eigenvalue weighted by atomic mass is 79.9. The van der Waals surface area contributed by atoms with Crippen LogP contribution in [0.5, 0.6) is 5.75 Å². The Morgan fingerprint density at radius 2 is 1.85 bits per heavy atom. The monoisotopic (exact) mass is 616 g/mol. The first kappa shape index (κ1) is 26.2. The summed E-state index contributed by atoms with van der Waals surface area (Å²) in [5.74, 6) is 1.70. The first-order chi connectivity index (χ1) is 18.9. The fourth-order valence-electron chi connectivity index (χ4n) is 5.50. The molecule has 1 N–H and O–H groups in total. The van der Waals surface area contributed by atoms with Crippen molar-refractivity contribution >= 4 is 56.7 Å². The molecule has 6 rings (SSSR count). The maximum absolute atomic E-state index is 6.33. The molecule has 196 valence electrons. The molecule has 0 fully saturated rings. The normalized spacial score (nSPS) is 19.5. The molecular formula is C33H27BrCl2N2O. The fourth-order valence-corrected chi connectivity index (χ4v) is 6.34. The van der Waals surface area contributed by atoms with Gasteiger partial charge in [0.25, 0.3) is 0 Å². The van der Waals surface area contributed by atoms with Crippen LogP contribution in [0, 0.1) is 12.8 Å². The van der Waals surface area contributed by atoms with Crippen molar-refractivity contribution in [2.75, 3.05) is 5.32 Å². The standard InChI is InChI=1S/C33H27BrCl2N2O/c1-20-5-13-31-29(15-20)27-3-2-4-28(27)33(38-31)21-7-11-26(12-8-21)37-18-23-16-24(34)9-14-32(23)39-19-22-6-10-25(35)17-30(22)36/h2-3,5-18,27-28,33,38H,4,19H2,1H3/t27-,28+,33+/m1/s1. The van der Waals surface area contributed by atoms with Crippen molar-refractivity contribution in [1.29, 1.82) is 0 Å². The molecule has 1 heterocycles. The van der Waals surface area contributed by atoms with Crippen molar-refractivity contribution in [2.24, 2.45) is 10.9 Å². The van der Waals surface area contributed by atoms with Crippen molar-refractivity contribution in [3.05, 3.63) is 133 Å². The van der Waals surface area contributed by atoms with Gasteiger partial charge in [0.2, 0.25) is 0 Å². The van der Waals surface area contributed by atoms with Crippen molar-refractivity contribution in [3.63, 3.8) is 0 Å². The van der Waals surface area contributed by atoms with Gasteiger partial charge in [0, 0.05) is 43.5 Å². The molecule has 3 nitrogen and oxygen atoms in total. The fraction of sp³-hybridized carbons (Fsp3) is 0.182. The lowest BCUT2D eigenvalue weighted by Crippen LogP contribution is -2.29. The van der Waals surface area contributed by atoms with E-state index < -0.39 is 0 Å². The molecule has 0 bridgehead atoms. The van der Waals surface area contributed by atoms with E-state index in [9.17, 15) is 0 Å². The summed E-state index contributed by atoms with van der Waals surface area (Å²) in [5, 5.41) is 5.01. The number of fused-ring (bicyclic) bond motifs is 3. The zero-order valence-electron chi connectivity index (χ0n) is 21.4. The van der Waals surface area contributed by atoms with Gasteiger partial charge in [-0.25, -0.2) is 0 Å². The predicted molar refractivity (Wildman–Crippen MR) is 166 cm³/mol. The number of ether oxygens (including phenoxy) is 1. The average molecular weight is 618 g/mol. The molecule has 0 aromatic heterocycles. The summed E-state index contributed by atoms with van der Waals surface area (Å²) < 4.78 is 7.06. The molecule has 0 amide bonds. The number of anilines is 1. The Morgan fingerprint density at radius 3 is 2.67 bits per heavy atom. The van der Waals surface area contributed by atoms with Crippen LogP contribution in [0.2, 0.25) is 10.0 Å². The number of halogens is 3. The van der Waals surface area contributed by atoms with Gasteiger partial charge in [0.1, 0.15) is 12.4 Å². The number of hydrogen-bond acceptors (Lipinski definition) is 3. The smallest absolute Gasteiger partial charge is 0.128 e. The number of hydrogen-bond donors (Lipinski definition) is 1. The zero-order valence-corrected chi connectivity index (χ0v) is 24.5. The maximum Gasteiger partial charge on any atom is 0.128 e. The summed E-state index contributed by atoms with van der Waals surface area (Å²) in [5.41, 5.74) is 7.88. The number of allylic oxidation sites excluding steroid dienone is 2. The third-order valence-electron chi connectivity index (χ3n) is 7.49. The number of aliphatic imine (C=N–C) groups is 1. The minimum atomic E-state index is 0.267. The number of benzene rings is 4. The Kier molecular flexibility index (Phi) is 7.53. The Hall–Kier alpha value is -3.05. The molecular weight excluding hydrogens is 591 g/mol. The second-order valence-electron chi connectivity index (χ2n) is 10.1. The highest BCUT2D eigenvalue weighted by molar-refractivity contribution is 9.10. The van der Waals surface area contributed by atoms with E-state index >= 15 is 0 Å². The molecule has 0 saturated heterocycles. The molecule has 1 aliphatic heterocycles. The van der Waals surface area contributed by atoms with Gasteiger partial charge in [-0.1, -0.05) is 87.2 Å². The first-order valence-corrected chi connectivity index (χ1v) is 14.5. The van der Waals surface area contributed by atoms with E-state index in [0.29, 0.717) is 28.5 Å². The third kappa shape index (κ3) is 5.65. The van der Waals surface area contributed by atoms with E-state index in [1.54, 1.807) is 6.07 Å². The molecule has 39 heavy (non-hydrogen) atoms. The molecule has 4 aromatic carbocycles. The largest absolute Gasteiger partial charge is 0.488 e. The molecule has 0 saturated carbocycles. The van der Waals surface area contributed by atoms with Crippen LogP contribution in [0.3, 0.4) is 0 Å². The van der Waals surface area contributed by atoms with Gasteiger partial charge in [-0.15, -0.1) is 0 Å². The Labute approximate surface area is 247 Å². The summed E-state index contributed by atoms with van der Waals surface area (Å²) in [7, 11) is 0. The molecule has 2 aliphatic rings. The lowest BCUT2D eigenvalue weighted by molar-refractivity contribution is 0.306. The molecule has 4 aromatic rings. The SMILES string of the molecule is Cc1ccc2c(c1)[C@@H]1C=CC[C@@H]1[C@H](c1ccc(N=Cc3cc(Br)ccc3OCc3ccc(Cl)cc3Cl)cc1)N2. The van der Waals surface area contributed by atoms with Crippen molar-refractivity contribution < 1.29 is 4.74 Å². The van der Waals surface area contributed by atoms with E-state index in [2.05, 4.69) is 82.8 Å². The summed E-state index contributed by atoms with van der Waals surface area (Å²) >= 11 is 15.9. The summed E-state index contributed by atoms with van der Waals surface area (Å²) in [6, 6.07) is 26.8. The van der Waals surface area contributed by atoms with Crippen LogP contribution in [0.25, 0.3) is 0 Å². The number of nitrogens with one attached hydrogen (secondary N) is 1. The highest BCUT2D eigenvalue weighted by Crippen LogP contribution is 2.50. The molecule has 1 aliphatic carbocycles. The van der Waals surface area contributed by atoms with Crippen molar-refractivity contribution in [1.82, 2.24) is 0 Å². The van der Waals surface area contributed by atoms with E-state index in [4.69, 9.17) is 32.9 Å². The molecule has 0 unspecified atom stereocenters. The minimum absolute atomic E-state index is 0.267. The number of nitrogens with zero attached hydrogens (tertiary/aromatic N) is 1. The summed E-state index contributed by atoms with van der Waals surface area (Å²) in [4.78, 5) is 4.76. The van der Waals surface area contributed by atoms with Gasteiger partial charge in [-0.2, -0.15) is 0 Å². The minimum Gasteiger partial charge on any atom is -0.488 e. The van der Waals surface area contributed by atoms with Gasteiger partial charge in [0.15, 0.2) is 0 Å². The summed E-state index contributed by atoms with van der Waals surface area (Å²) in [6.45, 7) is 2.50. The van der Waals surface area contributed by atoms with Gasteiger partial charge < -0.3 is 10.1 Å². The maximum atomic E-state index is 6.33. The summed E-state index contributed by atoms with van der Waals surface area (Å²) in [6.07, 6.45) is 7.64. The average Bonchev–Trinajstić information content (AvgIpc) is 3.43. The van der Waals surface area contributed by atoms with Crippen LogP contribution < -0.4 is 10.1 Å².